The lowest BCUT2D eigenvalue weighted by molar-refractivity contribution is -0.142. The molecule has 0 spiro atoms. The second-order valence-corrected chi connectivity index (χ2v) is 7.71. The first-order chi connectivity index (χ1) is 12.6. The molecule has 1 amide bonds. The van der Waals surface area contributed by atoms with Crippen LogP contribution in [0.1, 0.15) is 41.6 Å². The standard InChI is InChI=1S/C21H23NO3S/c23-20(22-18-12-10-17(11-13-18)21(24)25)16-8-6-15(7-9-16)14-26-19-4-2-1-3-5-19/h1-9,17-18H,10-14H2,(H,22,23)(H,24,25). The molecule has 1 aliphatic rings. The molecule has 2 N–H and O–H groups in total. The molecule has 3 rings (SSSR count). The molecule has 0 heterocycles. The molecule has 2 aromatic rings. The molecule has 0 aliphatic heterocycles. The highest BCUT2D eigenvalue weighted by molar-refractivity contribution is 7.98. The van der Waals surface area contributed by atoms with Crippen molar-refractivity contribution < 1.29 is 14.7 Å². The predicted molar refractivity (Wildman–Crippen MR) is 103 cm³/mol. The highest BCUT2D eigenvalue weighted by atomic mass is 32.2. The van der Waals surface area contributed by atoms with Gasteiger partial charge in [-0.15, -0.1) is 11.8 Å². The zero-order valence-corrected chi connectivity index (χ0v) is 15.4. The van der Waals surface area contributed by atoms with Crippen LogP contribution in [0.15, 0.2) is 59.5 Å². The maximum atomic E-state index is 12.4. The average Bonchev–Trinajstić information content (AvgIpc) is 2.68. The topological polar surface area (TPSA) is 66.4 Å². The second-order valence-electron chi connectivity index (χ2n) is 6.66. The second kappa shape index (κ2) is 8.90. The van der Waals surface area contributed by atoms with E-state index in [1.807, 2.05) is 42.5 Å². The predicted octanol–water partition coefficient (Wildman–Crippen LogP) is 4.35. The van der Waals surface area contributed by atoms with E-state index in [-0.39, 0.29) is 17.9 Å². The fraction of sp³-hybridized carbons (Fsp3) is 0.333. The van der Waals surface area contributed by atoms with Crippen LogP contribution in [0.5, 0.6) is 0 Å². The third-order valence-corrected chi connectivity index (χ3v) is 5.86. The minimum Gasteiger partial charge on any atom is -0.481 e. The monoisotopic (exact) mass is 369 g/mol. The maximum Gasteiger partial charge on any atom is 0.306 e. The van der Waals surface area contributed by atoms with E-state index in [0.717, 1.165) is 18.6 Å². The van der Waals surface area contributed by atoms with Gasteiger partial charge in [-0.2, -0.15) is 0 Å². The number of carboxylic acid groups (broad SMARTS) is 1. The van der Waals surface area contributed by atoms with Crippen LogP contribution in [0, 0.1) is 5.92 Å². The van der Waals surface area contributed by atoms with Gasteiger partial charge in [-0.1, -0.05) is 30.3 Å². The lowest BCUT2D eigenvalue weighted by atomic mass is 9.86. The first-order valence-corrected chi connectivity index (χ1v) is 9.91. The molecule has 0 aromatic heterocycles. The number of amides is 1. The van der Waals surface area contributed by atoms with Crippen molar-refractivity contribution in [2.75, 3.05) is 0 Å². The third kappa shape index (κ3) is 5.11. The Morgan fingerprint density at radius 2 is 1.62 bits per heavy atom. The van der Waals surface area contributed by atoms with Crippen LogP contribution in [0.25, 0.3) is 0 Å². The molecular formula is C21H23NO3S. The van der Waals surface area contributed by atoms with Gasteiger partial charge in [-0.25, -0.2) is 0 Å². The van der Waals surface area contributed by atoms with E-state index < -0.39 is 5.97 Å². The van der Waals surface area contributed by atoms with E-state index in [0.29, 0.717) is 18.4 Å². The lowest BCUT2D eigenvalue weighted by Crippen LogP contribution is -2.38. The van der Waals surface area contributed by atoms with Crippen molar-refractivity contribution in [3.05, 3.63) is 65.7 Å². The Balaban J connectivity index is 1.48. The Morgan fingerprint density at radius 1 is 0.962 bits per heavy atom. The van der Waals surface area contributed by atoms with Crippen LogP contribution in [0.3, 0.4) is 0 Å². The van der Waals surface area contributed by atoms with E-state index in [4.69, 9.17) is 5.11 Å². The Labute approximate surface area is 158 Å². The summed E-state index contributed by atoms with van der Waals surface area (Å²) in [6.45, 7) is 0. The summed E-state index contributed by atoms with van der Waals surface area (Å²) in [7, 11) is 0. The summed E-state index contributed by atoms with van der Waals surface area (Å²) in [5.41, 5.74) is 1.83. The molecule has 1 fully saturated rings. The average molecular weight is 369 g/mol. The zero-order chi connectivity index (χ0) is 18.4. The van der Waals surface area contributed by atoms with E-state index in [9.17, 15) is 9.59 Å². The summed E-state index contributed by atoms with van der Waals surface area (Å²) in [4.78, 5) is 24.6. The lowest BCUT2D eigenvalue weighted by Gasteiger charge is -2.26. The first-order valence-electron chi connectivity index (χ1n) is 8.92. The number of benzene rings is 2. The van der Waals surface area contributed by atoms with Crippen LogP contribution in [-0.4, -0.2) is 23.0 Å². The van der Waals surface area contributed by atoms with Crippen molar-refractivity contribution in [3.63, 3.8) is 0 Å². The molecule has 1 saturated carbocycles. The van der Waals surface area contributed by atoms with Gasteiger partial charge in [0.1, 0.15) is 0 Å². The van der Waals surface area contributed by atoms with Crippen molar-refractivity contribution in [2.24, 2.45) is 5.92 Å². The molecule has 1 aliphatic carbocycles. The van der Waals surface area contributed by atoms with Crippen LogP contribution >= 0.6 is 11.8 Å². The number of nitrogens with one attached hydrogen (secondary N) is 1. The normalized spacial score (nSPS) is 19.7. The highest BCUT2D eigenvalue weighted by Gasteiger charge is 2.26. The van der Waals surface area contributed by atoms with Gasteiger partial charge in [0.25, 0.3) is 5.91 Å². The van der Waals surface area contributed by atoms with Crippen LogP contribution in [-0.2, 0) is 10.5 Å². The number of hydrogen-bond acceptors (Lipinski definition) is 3. The molecular weight excluding hydrogens is 346 g/mol. The van der Waals surface area contributed by atoms with Crippen molar-refractivity contribution in [3.8, 4) is 0 Å². The van der Waals surface area contributed by atoms with Gasteiger partial charge < -0.3 is 10.4 Å². The van der Waals surface area contributed by atoms with Crippen LogP contribution in [0.2, 0.25) is 0 Å². The van der Waals surface area contributed by atoms with E-state index >= 15 is 0 Å². The summed E-state index contributed by atoms with van der Waals surface area (Å²) in [6.07, 6.45) is 2.73. The van der Waals surface area contributed by atoms with Gasteiger partial charge in [-0.3, -0.25) is 9.59 Å². The summed E-state index contributed by atoms with van der Waals surface area (Å²) < 4.78 is 0. The Morgan fingerprint density at radius 3 is 2.23 bits per heavy atom. The summed E-state index contributed by atoms with van der Waals surface area (Å²) in [5, 5.41) is 12.1. The molecule has 0 bridgehead atoms. The minimum absolute atomic E-state index is 0.0754. The number of carboxylic acids is 1. The molecule has 5 heteroatoms. The zero-order valence-electron chi connectivity index (χ0n) is 14.6. The van der Waals surface area contributed by atoms with Gasteiger partial charge in [0.15, 0.2) is 0 Å². The molecule has 4 nitrogen and oxygen atoms in total. The molecule has 0 radical (unpaired) electrons. The smallest absolute Gasteiger partial charge is 0.306 e. The van der Waals surface area contributed by atoms with Gasteiger partial charge in [0, 0.05) is 22.3 Å². The highest BCUT2D eigenvalue weighted by Crippen LogP contribution is 2.25. The number of rotatable bonds is 6. The van der Waals surface area contributed by atoms with Crippen molar-refractivity contribution in [1.82, 2.24) is 5.32 Å². The number of hydrogen-bond donors (Lipinski definition) is 2. The largest absolute Gasteiger partial charge is 0.481 e. The van der Waals surface area contributed by atoms with Crippen LogP contribution in [0.4, 0.5) is 0 Å². The molecule has 0 atom stereocenters. The fourth-order valence-electron chi connectivity index (χ4n) is 3.19. The van der Waals surface area contributed by atoms with E-state index in [1.54, 1.807) is 11.8 Å². The van der Waals surface area contributed by atoms with Crippen molar-refractivity contribution in [1.29, 1.82) is 0 Å². The van der Waals surface area contributed by atoms with Gasteiger partial charge in [0.05, 0.1) is 5.92 Å². The Hall–Kier alpha value is -2.27. The van der Waals surface area contributed by atoms with Crippen molar-refractivity contribution >= 4 is 23.6 Å². The quantitative estimate of drug-likeness (QED) is 0.743. The molecule has 26 heavy (non-hydrogen) atoms. The molecule has 0 saturated heterocycles. The fourth-order valence-corrected chi connectivity index (χ4v) is 4.06. The Bertz CT molecular complexity index is 738. The minimum atomic E-state index is -0.723. The first kappa shape index (κ1) is 18.5. The number of thioether (sulfide) groups is 1. The van der Waals surface area contributed by atoms with E-state index in [2.05, 4.69) is 17.4 Å². The number of carbonyl (C=O) groups excluding carboxylic acids is 1. The van der Waals surface area contributed by atoms with Crippen molar-refractivity contribution in [2.45, 2.75) is 42.4 Å². The van der Waals surface area contributed by atoms with Gasteiger partial charge in [0.2, 0.25) is 0 Å². The van der Waals surface area contributed by atoms with E-state index in [1.165, 1.54) is 10.5 Å². The third-order valence-electron chi connectivity index (χ3n) is 4.78. The molecule has 0 unspecified atom stereocenters. The molecule has 2 aromatic carbocycles. The van der Waals surface area contributed by atoms with Gasteiger partial charge in [-0.05, 0) is 55.5 Å². The summed E-state index contributed by atoms with van der Waals surface area (Å²) in [5.74, 6) is -0.195. The molecule has 136 valence electrons. The summed E-state index contributed by atoms with van der Waals surface area (Å²) >= 11 is 1.77. The maximum absolute atomic E-state index is 12.4. The Kier molecular flexibility index (Phi) is 6.34. The van der Waals surface area contributed by atoms with Crippen LogP contribution < -0.4 is 5.32 Å². The summed E-state index contributed by atoms with van der Waals surface area (Å²) in [6, 6.07) is 18.0. The van der Waals surface area contributed by atoms with Gasteiger partial charge >= 0.3 is 5.97 Å². The number of carbonyl (C=O) groups is 2. The SMILES string of the molecule is O=C(NC1CCC(C(=O)O)CC1)c1ccc(CSc2ccccc2)cc1. The number of aliphatic carboxylic acids is 1.